The molecule has 2 aliphatic rings. The molecular formula is C36H42F4O2. The first-order valence-corrected chi connectivity index (χ1v) is 15.7. The Kier molecular flexibility index (Phi) is 10.1. The van der Waals surface area contributed by atoms with Crippen LogP contribution in [0.15, 0.2) is 48.5 Å². The molecule has 226 valence electrons. The first-order chi connectivity index (χ1) is 20.4. The summed E-state index contributed by atoms with van der Waals surface area (Å²) in [6.45, 7) is 4.33. The van der Waals surface area contributed by atoms with Crippen molar-refractivity contribution in [2.45, 2.75) is 78.1 Å². The van der Waals surface area contributed by atoms with Gasteiger partial charge in [-0.05, 0) is 117 Å². The molecule has 4 unspecified atom stereocenters. The second-order valence-corrected chi connectivity index (χ2v) is 12.2. The van der Waals surface area contributed by atoms with E-state index in [0.29, 0.717) is 18.4 Å². The molecule has 2 aliphatic carbocycles. The number of rotatable bonds is 11. The fraction of sp³-hybridized carbons (Fsp3) is 0.500. The van der Waals surface area contributed by atoms with Crippen molar-refractivity contribution in [3.63, 3.8) is 0 Å². The normalized spacial score (nSPS) is 22.0. The summed E-state index contributed by atoms with van der Waals surface area (Å²) in [7, 11) is 0. The van der Waals surface area contributed by atoms with Gasteiger partial charge in [-0.15, -0.1) is 0 Å². The Labute approximate surface area is 247 Å². The molecule has 2 fully saturated rings. The van der Waals surface area contributed by atoms with Gasteiger partial charge in [0.05, 0.1) is 13.2 Å². The summed E-state index contributed by atoms with van der Waals surface area (Å²) in [5, 5.41) is 0. The maximum Gasteiger partial charge on any atom is 0.201 e. The Morgan fingerprint density at radius 1 is 0.595 bits per heavy atom. The summed E-state index contributed by atoms with van der Waals surface area (Å²) < 4.78 is 69.7. The number of hydrogen-bond acceptors (Lipinski definition) is 2. The van der Waals surface area contributed by atoms with Gasteiger partial charge in [-0.2, -0.15) is 8.78 Å². The van der Waals surface area contributed by atoms with Crippen LogP contribution in [0.2, 0.25) is 0 Å². The smallest absolute Gasteiger partial charge is 0.201 e. The van der Waals surface area contributed by atoms with Crippen LogP contribution in [0.3, 0.4) is 0 Å². The summed E-state index contributed by atoms with van der Waals surface area (Å²) >= 11 is 0. The number of hydrogen-bond donors (Lipinski definition) is 0. The van der Waals surface area contributed by atoms with Gasteiger partial charge in [-0.1, -0.05) is 44.0 Å². The van der Waals surface area contributed by atoms with Gasteiger partial charge >= 0.3 is 0 Å². The molecule has 2 nitrogen and oxygen atoms in total. The zero-order valence-corrected chi connectivity index (χ0v) is 24.7. The summed E-state index contributed by atoms with van der Waals surface area (Å²) in [6.07, 6.45) is 11.7. The molecule has 3 aromatic carbocycles. The fourth-order valence-corrected chi connectivity index (χ4v) is 7.09. The lowest BCUT2D eigenvalue weighted by Crippen LogP contribution is -2.33. The van der Waals surface area contributed by atoms with Gasteiger partial charge < -0.3 is 9.47 Å². The first-order valence-electron chi connectivity index (χ1n) is 15.7. The third-order valence-electron chi connectivity index (χ3n) is 9.39. The minimum absolute atomic E-state index is 0.155. The minimum atomic E-state index is -1.28. The van der Waals surface area contributed by atoms with Gasteiger partial charge in [-0.3, -0.25) is 0 Å². The molecule has 0 radical (unpaired) electrons. The molecule has 0 aliphatic heterocycles. The molecule has 0 amide bonds. The van der Waals surface area contributed by atoms with E-state index < -0.39 is 23.3 Å². The Bertz CT molecular complexity index is 1340. The Balaban J connectivity index is 1.12. The van der Waals surface area contributed by atoms with Gasteiger partial charge in [0.2, 0.25) is 11.6 Å². The van der Waals surface area contributed by atoms with Crippen molar-refractivity contribution in [2.24, 2.45) is 23.7 Å². The van der Waals surface area contributed by atoms with E-state index >= 15 is 0 Å². The van der Waals surface area contributed by atoms with E-state index in [2.05, 4.69) is 31.2 Å². The van der Waals surface area contributed by atoms with Crippen molar-refractivity contribution in [3.05, 3.63) is 82.9 Å². The Morgan fingerprint density at radius 2 is 1.12 bits per heavy atom. The monoisotopic (exact) mass is 582 g/mol. The van der Waals surface area contributed by atoms with Crippen LogP contribution in [-0.4, -0.2) is 13.2 Å². The molecule has 2 saturated carbocycles. The van der Waals surface area contributed by atoms with E-state index in [-0.39, 0.29) is 29.2 Å². The molecule has 0 spiro atoms. The highest BCUT2D eigenvalue weighted by Crippen LogP contribution is 2.46. The van der Waals surface area contributed by atoms with Crippen LogP contribution in [0, 0.1) is 46.9 Å². The highest BCUT2D eigenvalue weighted by Gasteiger charge is 2.35. The maximum absolute atomic E-state index is 15.0. The molecule has 6 heteroatoms. The Morgan fingerprint density at radius 3 is 1.69 bits per heavy atom. The van der Waals surface area contributed by atoms with Crippen molar-refractivity contribution in [3.8, 4) is 22.6 Å². The Hall–Kier alpha value is -3.02. The van der Waals surface area contributed by atoms with Crippen LogP contribution in [0.4, 0.5) is 17.6 Å². The summed E-state index contributed by atoms with van der Waals surface area (Å²) in [5.74, 6) is -2.93. The van der Waals surface area contributed by atoms with Crippen molar-refractivity contribution >= 4 is 0 Å². The van der Waals surface area contributed by atoms with E-state index in [9.17, 15) is 17.6 Å². The fourth-order valence-electron chi connectivity index (χ4n) is 7.09. The van der Waals surface area contributed by atoms with Crippen molar-refractivity contribution < 1.29 is 27.0 Å². The minimum Gasteiger partial charge on any atom is -0.491 e. The van der Waals surface area contributed by atoms with E-state index in [1.165, 1.54) is 67.5 Å². The van der Waals surface area contributed by atoms with E-state index in [1.807, 2.05) is 0 Å². The molecule has 3 aromatic rings. The molecule has 0 heterocycles. The maximum atomic E-state index is 15.0. The van der Waals surface area contributed by atoms with Crippen LogP contribution in [-0.2, 0) is 12.8 Å². The number of aryl methyl sites for hydroxylation is 2. The van der Waals surface area contributed by atoms with Gasteiger partial charge in [0.15, 0.2) is 23.1 Å². The second kappa shape index (κ2) is 14.0. The van der Waals surface area contributed by atoms with Crippen LogP contribution in [0.5, 0.6) is 11.5 Å². The van der Waals surface area contributed by atoms with Gasteiger partial charge in [0.25, 0.3) is 0 Å². The largest absolute Gasteiger partial charge is 0.491 e. The molecular weight excluding hydrogens is 540 g/mol. The first kappa shape index (κ1) is 30.4. The standard InChI is InChI=1S/C36H42F4O2/c1-3-5-23-6-8-24(9-7-23)10-11-25-12-14-28-21-26(13-15-27(28)20-25)22-42-32-19-17-30(34(38)36(32)40)29-16-18-31(41-4-2)35(39)33(29)37/h6-9,16-19,25-28H,3-5,10-15,20-22H2,1-2H3. The SMILES string of the molecule is CCCc1ccc(CCC2CCC3CC(COc4ccc(-c5ccc(OCC)c(F)c5F)c(F)c4F)CCC3C2)cc1. The van der Waals surface area contributed by atoms with Gasteiger partial charge in [0, 0.05) is 11.1 Å². The second-order valence-electron chi connectivity index (χ2n) is 12.2. The number of fused-ring (bicyclic) bond motifs is 1. The molecule has 42 heavy (non-hydrogen) atoms. The van der Waals surface area contributed by atoms with Crippen LogP contribution >= 0.6 is 0 Å². The van der Waals surface area contributed by atoms with Gasteiger partial charge in [-0.25, -0.2) is 8.78 Å². The van der Waals surface area contributed by atoms with Crippen LogP contribution in [0.25, 0.3) is 11.1 Å². The lowest BCUT2D eigenvalue weighted by Gasteiger charge is -2.42. The molecule has 5 rings (SSSR count). The van der Waals surface area contributed by atoms with Crippen molar-refractivity contribution in [1.82, 2.24) is 0 Å². The van der Waals surface area contributed by atoms with Crippen molar-refractivity contribution in [2.75, 3.05) is 13.2 Å². The molecule has 0 N–H and O–H groups in total. The lowest BCUT2D eigenvalue weighted by molar-refractivity contribution is 0.0742. The molecule has 4 atom stereocenters. The topological polar surface area (TPSA) is 18.5 Å². The molecule has 0 saturated heterocycles. The average molecular weight is 583 g/mol. The number of halogens is 4. The number of ether oxygens (including phenoxy) is 2. The number of benzene rings is 3. The summed E-state index contributed by atoms with van der Waals surface area (Å²) in [4.78, 5) is 0. The van der Waals surface area contributed by atoms with Crippen molar-refractivity contribution in [1.29, 1.82) is 0 Å². The highest BCUT2D eigenvalue weighted by atomic mass is 19.2. The third kappa shape index (κ3) is 6.95. The van der Waals surface area contributed by atoms with E-state index in [4.69, 9.17) is 9.47 Å². The van der Waals surface area contributed by atoms with Crippen LogP contribution < -0.4 is 9.47 Å². The quantitative estimate of drug-likeness (QED) is 0.210. The lowest BCUT2D eigenvalue weighted by atomic mass is 9.64. The highest BCUT2D eigenvalue weighted by molar-refractivity contribution is 5.67. The average Bonchev–Trinajstić information content (AvgIpc) is 3.00. The zero-order chi connectivity index (χ0) is 29.6. The zero-order valence-electron chi connectivity index (χ0n) is 24.7. The van der Waals surface area contributed by atoms with E-state index in [1.54, 1.807) is 6.92 Å². The predicted molar refractivity (Wildman–Crippen MR) is 159 cm³/mol. The molecule has 0 aromatic heterocycles. The summed E-state index contributed by atoms with van der Waals surface area (Å²) in [5.41, 5.74) is 2.14. The summed E-state index contributed by atoms with van der Waals surface area (Å²) in [6, 6.07) is 14.1. The molecule has 0 bridgehead atoms. The van der Waals surface area contributed by atoms with E-state index in [0.717, 1.165) is 43.9 Å². The van der Waals surface area contributed by atoms with Crippen LogP contribution in [0.1, 0.15) is 76.3 Å². The third-order valence-corrected chi connectivity index (χ3v) is 9.39. The predicted octanol–water partition coefficient (Wildman–Crippen LogP) is 10.1. The van der Waals surface area contributed by atoms with Gasteiger partial charge in [0.1, 0.15) is 0 Å².